The van der Waals surface area contributed by atoms with E-state index in [4.69, 9.17) is 4.52 Å². The van der Waals surface area contributed by atoms with E-state index in [0.29, 0.717) is 5.88 Å². The number of anilines is 1. The zero-order valence-electron chi connectivity index (χ0n) is 10.1. The molecule has 0 radical (unpaired) electrons. The molecule has 0 aliphatic heterocycles. The normalized spacial score (nSPS) is 12.1. The molecule has 0 saturated carbocycles. The van der Waals surface area contributed by atoms with Crippen LogP contribution in [-0.2, 0) is 4.79 Å². The van der Waals surface area contributed by atoms with Gasteiger partial charge < -0.3 is 4.52 Å². The molecule has 0 bridgehead atoms. The third-order valence-corrected chi connectivity index (χ3v) is 3.23. The lowest BCUT2D eigenvalue weighted by Gasteiger charge is -2.09. The van der Waals surface area contributed by atoms with Crippen molar-refractivity contribution in [3.63, 3.8) is 0 Å². The lowest BCUT2D eigenvalue weighted by Crippen LogP contribution is -2.22. The maximum atomic E-state index is 11.9. The third kappa shape index (κ3) is 3.33. The molecule has 0 aromatic carbocycles. The summed E-state index contributed by atoms with van der Waals surface area (Å²) in [5.74, 6) is 0.229. The average Bonchev–Trinajstić information content (AvgIpc) is 2.76. The van der Waals surface area contributed by atoms with E-state index in [1.807, 2.05) is 25.1 Å². The van der Waals surface area contributed by atoms with Gasteiger partial charge in [-0.3, -0.25) is 10.1 Å². The Labute approximate surface area is 109 Å². The fourth-order valence-corrected chi connectivity index (χ4v) is 2.10. The second-order valence-corrected chi connectivity index (χ2v) is 5.11. The summed E-state index contributed by atoms with van der Waals surface area (Å²) in [5.41, 5.74) is 0.732. The number of hydrogen-bond donors (Lipinski definition) is 1. The number of pyridine rings is 1. The summed E-state index contributed by atoms with van der Waals surface area (Å²) in [6.07, 6.45) is 1.70. The lowest BCUT2D eigenvalue weighted by atomic mass is 10.4. The highest BCUT2D eigenvalue weighted by atomic mass is 32.2. The maximum absolute atomic E-state index is 11.9. The molecule has 1 atom stereocenters. The number of thioether (sulfide) groups is 1. The molecule has 0 saturated heterocycles. The van der Waals surface area contributed by atoms with Crippen LogP contribution in [0.1, 0.15) is 12.6 Å². The van der Waals surface area contributed by atoms with Gasteiger partial charge in [-0.2, -0.15) is 0 Å². The van der Waals surface area contributed by atoms with Crippen molar-refractivity contribution < 1.29 is 9.32 Å². The van der Waals surface area contributed by atoms with Crippen molar-refractivity contribution in [2.45, 2.75) is 24.1 Å². The summed E-state index contributed by atoms with van der Waals surface area (Å²) in [6, 6.07) is 7.27. The van der Waals surface area contributed by atoms with Gasteiger partial charge in [-0.05, 0) is 26.0 Å². The fraction of sp³-hybridized carbons (Fsp3) is 0.250. The van der Waals surface area contributed by atoms with E-state index in [1.165, 1.54) is 11.8 Å². The van der Waals surface area contributed by atoms with Gasteiger partial charge >= 0.3 is 0 Å². The number of rotatable bonds is 4. The molecule has 5 nitrogen and oxygen atoms in total. The van der Waals surface area contributed by atoms with Gasteiger partial charge in [-0.1, -0.05) is 23.0 Å². The van der Waals surface area contributed by atoms with Gasteiger partial charge in [0.15, 0.2) is 0 Å². The van der Waals surface area contributed by atoms with Gasteiger partial charge in [0.1, 0.15) is 0 Å². The van der Waals surface area contributed by atoms with Crippen LogP contribution in [-0.4, -0.2) is 21.3 Å². The van der Waals surface area contributed by atoms with E-state index in [9.17, 15) is 4.79 Å². The number of aryl methyl sites for hydroxylation is 1. The van der Waals surface area contributed by atoms with Crippen LogP contribution in [0.3, 0.4) is 0 Å². The molecule has 1 amide bonds. The predicted octanol–water partition coefficient (Wildman–Crippen LogP) is 2.50. The summed E-state index contributed by atoms with van der Waals surface area (Å²) < 4.78 is 4.93. The van der Waals surface area contributed by atoms with E-state index >= 15 is 0 Å². The summed E-state index contributed by atoms with van der Waals surface area (Å²) in [6.45, 7) is 3.61. The molecule has 2 rings (SSSR count). The highest BCUT2D eigenvalue weighted by Crippen LogP contribution is 2.21. The van der Waals surface area contributed by atoms with E-state index in [1.54, 1.807) is 19.2 Å². The smallest absolute Gasteiger partial charge is 0.240 e. The summed E-state index contributed by atoms with van der Waals surface area (Å²) in [7, 11) is 0. The largest absolute Gasteiger partial charge is 0.338 e. The van der Waals surface area contributed by atoms with Gasteiger partial charge in [0.25, 0.3) is 0 Å². The van der Waals surface area contributed by atoms with Gasteiger partial charge in [0, 0.05) is 12.3 Å². The number of carbonyl (C=O) groups is 1. The highest BCUT2D eigenvalue weighted by molar-refractivity contribution is 8.00. The molecule has 18 heavy (non-hydrogen) atoms. The van der Waals surface area contributed by atoms with Crippen molar-refractivity contribution in [3.05, 3.63) is 36.2 Å². The number of carbonyl (C=O) groups excluding carboxylic acids is 1. The second kappa shape index (κ2) is 5.68. The van der Waals surface area contributed by atoms with Crippen LogP contribution < -0.4 is 5.32 Å². The molecular weight excluding hydrogens is 250 g/mol. The van der Waals surface area contributed by atoms with Crippen LogP contribution in [0, 0.1) is 6.92 Å². The fourth-order valence-electron chi connectivity index (χ4n) is 1.30. The molecule has 2 aromatic heterocycles. The molecule has 0 spiro atoms. The molecule has 2 heterocycles. The standard InChI is InChI=1S/C12H13N3O2S/c1-8-7-10(17-15-8)14-12(16)9(2)18-11-5-3-4-6-13-11/h3-7,9H,1-2H3,(H,14,16). The molecule has 2 aromatic rings. The Hall–Kier alpha value is -1.82. The Bertz CT molecular complexity index is 527. The molecule has 1 N–H and O–H groups in total. The SMILES string of the molecule is Cc1cc(NC(=O)C(C)Sc2ccccn2)on1. The van der Waals surface area contributed by atoms with E-state index < -0.39 is 0 Å². The van der Waals surface area contributed by atoms with Gasteiger partial charge in [0.2, 0.25) is 11.8 Å². The first-order chi connectivity index (χ1) is 8.65. The number of aromatic nitrogens is 2. The van der Waals surface area contributed by atoms with Crippen LogP contribution in [0.2, 0.25) is 0 Å². The molecule has 0 aliphatic carbocycles. The quantitative estimate of drug-likeness (QED) is 0.858. The van der Waals surface area contributed by atoms with Crippen LogP contribution in [0.5, 0.6) is 0 Å². The third-order valence-electron chi connectivity index (χ3n) is 2.18. The minimum absolute atomic E-state index is 0.137. The van der Waals surface area contributed by atoms with Crippen molar-refractivity contribution in [2.24, 2.45) is 0 Å². The minimum Gasteiger partial charge on any atom is -0.338 e. The Morgan fingerprint density at radius 1 is 1.50 bits per heavy atom. The van der Waals surface area contributed by atoms with Crippen molar-refractivity contribution in [1.29, 1.82) is 0 Å². The van der Waals surface area contributed by atoms with Crippen LogP contribution in [0.25, 0.3) is 0 Å². The van der Waals surface area contributed by atoms with Crippen LogP contribution in [0.15, 0.2) is 40.0 Å². The molecule has 0 aliphatic rings. The first-order valence-electron chi connectivity index (χ1n) is 5.47. The Morgan fingerprint density at radius 2 is 2.33 bits per heavy atom. The minimum atomic E-state index is -0.259. The first-order valence-corrected chi connectivity index (χ1v) is 6.35. The molecule has 94 valence electrons. The molecular formula is C12H13N3O2S. The van der Waals surface area contributed by atoms with Crippen molar-refractivity contribution >= 4 is 23.6 Å². The topological polar surface area (TPSA) is 68.0 Å². The summed E-state index contributed by atoms with van der Waals surface area (Å²) in [5, 5.41) is 6.92. The van der Waals surface area contributed by atoms with E-state index in [0.717, 1.165) is 10.7 Å². The number of hydrogen-bond acceptors (Lipinski definition) is 5. The number of amides is 1. The molecule has 0 fully saturated rings. The lowest BCUT2D eigenvalue weighted by molar-refractivity contribution is -0.115. The van der Waals surface area contributed by atoms with Gasteiger partial charge in [-0.25, -0.2) is 4.98 Å². The maximum Gasteiger partial charge on any atom is 0.240 e. The first kappa shape index (κ1) is 12.6. The summed E-state index contributed by atoms with van der Waals surface area (Å²) in [4.78, 5) is 16.0. The zero-order chi connectivity index (χ0) is 13.0. The summed E-state index contributed by atoms with van der Waals surface area (Å²) >= 11 is 1.39. The van der Waals surface area contributed by atoms with Crippen LogP contribution >= 0.6 is 11.8 Å². The predicted molar refractivity (Wildman–Crippen MR) is 69.4 cm³/mol. The Morgan fingerprint density at radius 3 is 2.94 bits per heavy atom. The number of nitrogens with one attached hydrogen (secondary N) is 1. The average molecular weight is 263 g/mol. The van der Waals surface area contributed by atoms with Crippen molar-refractivity contribution in [1.82, 2.24) is 10.1 Å². The van der Waals surface area contributed by atoms with E-state index in [-0.39, 0.29) is 11.2 Å². The second-order valence-electron chi connectivity index (χ2n) is 3.75. The van der Waals surface area contributed by atoms with Gasteiger partial charge in [-0.15, -0.1) is 0 Å². The highest BCUT2D eigenvalue weighted by Gasteiger charge is 2.16. The van der Waals surface area contributed by atoms with Crippen molar-refractivity contribution in [2.75, 3.05) is 5.32 Å². The Kier molecular flexibility index (Phi) is 3.99. The van der Waals surface area contributed by atoms with E-state index in [2.05, 4.69) is 15.5 Å². The molecule has 6 heteroatoms. The number of nitrogens with zero attached hydrogens (tertiary/aromatic N) is 2. The van der Waals surface area contributed by atoms with Crippen LogP contribution in [0.4, 0.5) is 5.88 Å². The van der Waals surface area contributed by atoms with Gasteiger partial charge in [0.05, 0.1) is 16.0 Å². The monoisotopic (exact) mass is 263 g/mol. The molecule has 1 unspecified atom stereocenters. The Balaban J connectivity index is 1.93. The van der Waals surface area contributed by atoms with Crippen molar-refractivity contribution in [3.8, 4) is 0 Å². The zero-order valence-corrected chi connectivity index (χ0v) is 10.9.